The van der Waals surface area contributed by atoms with Crippen LogP contribution in [0.3, 0.4) is 0 Å². The van der Waals surface area contributed by atoms with Crippen molar-refractivity contribution in [3.05, 3.63) is 23.8 Å². The predicted molar refractivity (Wildman–Crippen MR) is 63.6 cm³/mol. The normalized spacial score (nSPS) is 13.1. The molecule has 100 valence electrons. The second kappa shape index (κ2) is 5.24. The first kappa shape index (κ1) is 14.3. The minimum absolute atomic E-state index is 0.293. The van der Waals surface area contributed by atoms with Crippen molar-refractivity contribution < 1.29 is 24.6 Å². The zero-order chi connectivity index (χ0) is 13.9. The highest BCUT2D eigenvalue weighted by molar-refractivity contribution is 5.77. The van der Waals surface area contributed by atoms with Gasteiger partial charge in [0, 0.05) is 0 Å². The number of hydrogen-bond donors (Lipinski definition) is 3. The Bertz CT molecular complexity index is 439. The fourth-order valence-corrected chi connectivity index (χ4v) is 1.33. The van der Waals surface area contributed by atoms with E-state index in [0.29, 0.717) is 5.56 Å². The van der Waals surface area contributed by atoms with Gasteiger partial charge in [-0.15, -0.1) is 0 Å². The standard InChI is InChI=1S/C12H17NO5/c1-12(2,3)17-11(16)10(18-13)7-4-5-8(14)9(15)6-7/h4-6,10,14-15H,13H2,1-3H3. The number of esters is 1. The summed E-state index contributed by atoms with van der Waals surface area (Å²) in [5.41, 5.74) is -0.380. The largest absolute Gasteiger partial charge is 0.504 e. The van der Waals surface area contributed by atoms with Crippen LogP contribution in [0.15, 0.2) is 18.2 Å². The number of hydrogen-bond acceptors (Lipinski definition) is 6. The highest BCUT2D eigenvalue weighted by Gasteiger charge is 2.27. The molecule has 0 fully saturated rings. The molecule has 0 saturated carbocycles. The van der Waals surface area contributed by atoms with E-state index >= 15 is 0 Å². The summed E-state index contributed by atoms with van der Waals surface area (Å²) in [6.45, 7) is 5.15. The third-order valence-corrected chi connectivity index (χ3v) is 2.06. The van der Waals surface area contributed by atoms with Crippen LogP contribution >= 0.6 is 0 Å². The molecular weight excluding hydrogens is 238 g/mol. The molecule has 0 spiro atoms. The van der Waals surface area contributed by atoms with Gasteiger partial charge in [0.15, 0.2) is 11.5 Å². The molecule has 1 rings (SSSR count). The van der Waals surface area contributed by atoms with Crippen molar-refractivity contribution in [3.8, 4) is 11.5 Å². The van der Waals surface area contributed by atoms with Crippen LogP contribution < -0.4 is 5.90 Å². The SMILES string of the molecule is CC(C)(C)OC(=O)C(ON)c1ccc(O)c(O)c1. The van der Waals surface area contributed by atoms with E-state index in [1.807, 2.05) is 0 Å². The summed E-state index contributed by atoms with van der Waals surface area (Å²) >= 11 is 0. The summed E-state index contributed by atoms with van der Waals surface area (Å²) in [6, 6.07) is 3.84. The molecule has 18 heavy (non-hydrogen) atoms. The molecule has 1 aromatic carbocycles. The van der Waals surface area contributed by atoms with Gasteiger partial charge in [0.2, 0.25) is 6.10 Å². The molecule has 0 heterocycles. The van der Waals surface area contributed by atoms with E-state index in [9.17, 15) is 15.0 Å². The molecule has 0 radical (unpaired) electrons. The predicted octanol–water partition coefficient (Wildman–Crippen LogP) is 1.37. The minimum atomic E-state index is -1.16. The lowest BCUT2D eigenvalue weighted by atomic mass is 10.1. The minimum Gasteiger partial charge on any atom is -0.504 e. The zero-order valence-electron chi connectivity index (χ0n) is 10.5. The number of phenols is 2. The van der Waals surface area contributed by atoms with Crippen LogP contribution in [0.5, 0.6) is 11.5 Å². The topological polar surface area (TPSA) is 102 Å². The van der Waals surface area contributed by atoms with Gasteiger partial charge in [0.1, 0.15) is 5.60 Å². The second-order valence-electron chi connectivity index (χ2n) is 4.80. The van der Waals surface area contributed by atoms with Crippen LogP contribution in [0, 0.1) is 0 Å². The summed E-state index contributed by atoms with van der Waals surface area (Å²) in [5.74, 6) is 3.74. The van der Waals surface area contributed by atoms with Crippen molar-refractivity contribution in [1.29, 1.82) is 0 Å². The van der Waals surface area contributed by atoms with Crippen molar-refractivity contribution in [1.82, 2.24) is 0 Å². The van der Waals surface area contributed by atoms with Crippen LogP contribution in [-0.2, 0) is 14.4 Å². The number of aromatic hydroxyl groups is 2. The number of rotatable bonds is 3. The van der Waals surface area contributed by atoms with E-state index in [2.05, 4.69) is 4.84 Å². The Labute approximate surface area is 105 Å². The third-order valence-electron chi connectivity index (χ3n) is 2.06. The van der Waals surface area contributed by atoms with Crippen molar-refractivity contribution in [3.63, 3.8) is 0 Å². The monoisotopic (exact) mass is 255 g/mol. The average Bonchev–Trinajstić information content (AvgIpc) is 2.21. The first-order chi connectivity index (χ1) is 8.24. The molecule has 1 unspecified atom stereocenters. The van der Waals surface area contributed by atoms with Gasteiger partial charge in [-0.3, -0.25) is 4.84 Å². The number of nitrogens with two attached hydrogens (primary N) is 1. The number of benzene rings is 1. The molecule has 0 aliphatic heterocycles. The highest BCUT2D eigenvalue weighted by atomic mass is 16.7. The molecule has 6 heteroatoms. The summed E-state index contributed by atoms with van der Waals surface area (Å²) in [6.07, 6.45) is -1.16. The van der Waals surface area contributed by atoms with Crippen molar-refractivity contribution in [2.75, 3.05) is 0 Å². The zero-order valence-corrected chi connectivity index (χ0v) is 10.5. The van der Waals surface area contributed by atoms with Gasteiger partial charge >= 0.3 is 5.97 Å². The molecule has 0 aromatic heterocycles. The molecule has 0 aliphatic rings. The maximum absolute atomic E-state index is 11.8. The van der Waals surface area contributed by atoms with E-state index in [1.54, 1.807) is 20.8 Å². The fourth-order valence-electron chi connectivity index (χ4n) is 1.33. The summed E-state index contributed by atoms with van der Waals surface area (Å²) in [5, 5.41) is 18.5. The van der Waals surface area contributed by atoms with Crippen molar-refractivity contribution >= 4 is 5.97 Å². The van der Waals surface area contributed by atoms with Gasteiger partial charge in [-0.25, -0.2) is 10.7 Å². The Kier molecular flexibility index (Phi) is 4.15. The average molecular weight is 255 g/mol. The Balaban J connectivity index is 2.95. The van der Waals surface area contributed by atoms with Crippen molar-refractivity contribution in [2.45, 2.75) is 32.5 Å². The molecule has 4 N–H and O–H groups in total. The van der Waals surface area contributed by atoms with Gasteiger partial charge in [-0.05, 0) is 38.5 Å². The molecular formula is C12H17NO5. The van der Waals surface area contributed by atoms with Gasteiger partial charge in [-0.1, -0.05) is 6.07 Å². The van der Waals surface area contributed by atoms with E-state index in [1.165, 1.54) is 18.2 Å². The Morgan fingerprint density at radius 1 is 1.28 bits per heavy atom. The number of carbonyl (C=O) groups is 1. The van der Waals surface area contributed by atoms with Crippen LogP contribution in [0.4, 0.5) is 0 Å². The van der Waals surface area contributed by atoms with Gasteiger partial charge in [0.05, 0.1) is 0 Å². The number of carbonyl (C=O) groups excluding carboxylic acids is 1. The second-order valence-corrected chi connectivity index (χ2v) is 4.80. The van der Waals surface area contributed by atoms with Crippen molar-refractivity contribution in [2.24, 2.45) is 5.90 Å². The summed E-state index contributed by atoms with van der Waals surface area (Å²) in [7, 11) is 0. The fraction of sp³-hybridized carbons (Fsp3) is 0.417. The molecule has 1 atom stereocenters. The van der Waals surface area contributed by atoms with Gasteiger partial charge < -0.3 is 14.9 Å². The van der Waals surface area contributed by atoms with Crippen LogP contribution in [0.25, 0.3) is 0 Å². The lowest BCUT2D eigenvalue weighted by molar-refractivity contribution is -0.169. The first-order valence-corrected chi connectivity index (χ1v) is 5.35. The van der Waals surface area contributed by atoms with E-state index in [0.717, 1.165) is 0 Å². The number of ether oxygens (including phenoxy) is 1. The molecule has 0 saturated heterocycles. The maximum atomic E-state index is 11.8. The third kappa shape index (κ3) is 3.61. The Morgan fingerprint density at radius 2 is 1.89 bits per heavy atom. The van der Waals surface area contributed by atoms with Crippen LogP contribution in [0.1, 0.15) is 32.4 Å². The Morgan fingerprint density at radius 3 is 2.33 bits per heavy atom. The smallest absolute Gasteiger partial charge is 0.342 e. The summed E-state index contributed by atoms with van der Waals surface area (Å²) < 4.78 is 5.13. The van der Waals surface area contributed by atoms with Crippen LogP contribution in [0.2, 0.25) is 0 Å². The van der Waals surface area contributed by atoms with E-state index in [-0.39, 0.29) is 11.5 Å². The van der Waals surface area contributed by atoms with E-state index < -0.39 is 17.7 Å². The van der Waals surface area contributed by atoms with Gasteiger partial charge in [0.25, 0.3) is 0 Å². The molecule has 0 bridgehead atoms. The first-order valence-electron chi connectivity index (χ1n) is 5.35. The molecule has 0 amide bonds. The van der Waals surface area contributed by atoms with Gasteiger partial charge in [-0.2, -0.15) is 0 Å². The quantitative estimate of drug-likeness (QED) is 0.428. The lowest BCUT2D eigenvalue weighted by Gasteiger charge is -2.23. The molecule has 0 aliphatic carbocycles. The lowest BCUT2D eigenvalue weighted by Crippen LogP contribution is -2.30. The molecule has 1 aromatic rings. The van der Waals surface area contributed by atoms with Crippen LogP contribution in [-0.4, -0.2) is 21.8 Å². The summed E-state index contributed by atoms with van der Waals surface area (Å²) in [4.78, 5) is 16.4. The Hall–Kier alpha value is -1.79. The maximum Gasteiger partial charge on any atom is 0.342 e. The molecule has 6 nitrogen and oxygen atoms in total. The highest BCUT2D eigenvalue weighted by Crippen LogP contribution is 2.29. The van der Waals surface area contributed by atoms with E-state index in [4.69, 9.17) is 10.6 Å². The number of phenolic OH excluding ortho intramolecular Hbond substituents is 2.